The SMILES string of the molecule is COC1(C)C=C(Nc2ncc3c(C4CCN(CCOCCOCCCCCc5ccc6c(c5)n(C)c(=O)n6C5CCC(=O)NC5=O)CC4)cn(C4CCC(O)CC4)c3n2)C=CN1. The zero-order chi connectivity index (χ0) is 43.2. The number of unbranched alkanes of at least 4 members (excludes halogenated alkanes) is 2. The number of imide groups is 1. The lowest BCUT2D eigenvalue weighted by molar-refractivity contribution is -0.135. The maximum Gasteiger partial charge on any atom is 0.329 e. The number of hydrogen-bond donors (Lipinski definition) is 4. The van der Waals surface area contributed by atoms with E-state index in [1.165, 1.54) is 10.1 Å². The molecule has 1 saturated carbocycles. The van der Waals surface area contributed by atoms with Crippen LogP contribution in [0, 0.1) is 0 Å². The second kappa shape index (κ2) is 19.7. The highest BCUT2D eigenvalue weighted by Crippen LogP contribution is 2.38. The quantitative estimate of drug-likeness (QED) is 0.0785. The van der Waals surface area contributed by atoms with Crippen LogP contribution in [-0.2, 0) is 37.3 Å². The van der Waals surface area contributed by atoms with E-state index in [1.54, 1.807) is 18.7 Å². The van der Waals surface area contributed by atoms with Gasteiger partial charge in [0, 0.05) is 69.4 Å². The third kappa shape index (κ3) is 9.99. The molecule has 2 unspecified atom stereocenters. The van der Waals surface area contributed by atoms with Crippen molar-refractivity contribution in [2.75, 3.05) is 58.5 Å². The van der Waals surface area contributed by atoms with Gasteiger partial charge in [0.2, 0.25) is 17.8 Å². The van der Waals surface area contributed by atoms with Gasteiger partial charge in [-0.25, -0.2) is 9.78 Å². The van der Waals surface area contributed by atoms with E-state index in [1.807, 2.05) is 49.7 Å². The summed E-state index contributed by atoms with van der Waals surface area (Å²) in [4.78, 5) is 49.5. The second-order valence-electron chi connectivity index (χ2n) is 17.6. The highest BCUT2D eigenvalue weighted by Gasteiger charge is 2.32. The average molecular weight is 854 g/mol. The molecule has 1 aromatic carbocycles. The third-order valence-electron chi connectivity index (χ3n) is 13.3. The monoisotopic (exact) mass is 853 g/mol. The number of aromatic nitrogens is 5. The number of piperidine rings is 2. The minimum Gasteiger partial charge on any atom is -0.393 e. The van der Waals surface area contributed by atoms with E-state index < -0.39 is 17.7 Å². The van der Waals surface area contributed by atoms with Crippen molar-refractivity contribution < 1.29 is 28.9 Å². The topological polar surface area (TPSA) is 179 Å². The van der Waals surface area contributed by atoms with Crippen LogP contribution in [0.15, 0.2) is 59.4 Å². The molecule has 62 heavy (non-hydrogen) atoms. The van der Waals surface area contributed by atoms with Crippen LogP contribution in [0.1, 0.15) is 107 Å². The summed E-state index contributed by atoms with van der Waals surface area (Å²) in [6.07, 6.45) is 20.0. The van der Waals surface area contributed by atoms with Crippen molar-refractivity contribution in [2.45, 2.75) is 114 Å². The molecular weight excluding hydrogens is 791 g/mol. The summed E-state index contributed by atoms with van der Waals surface area (Å²) in [5.41, 5.74) is 4.94. The van der Waals surface area contributed by atoms with Crippen LogP contribution in [0.2, 0.25) is 0 Å². The van der Waals surface area contributed by atoms with Crippen molar-refractivity contribution in [1.29, 1.82) is 0 Å². The molecule has 16 heteroatoms. The maximum absolute atomic E-state index is 13.1. The maximum atomic E-state index is 13.1. The van der Waals surface area contributed by atoms with Crippen LogP contribution in [0.5, 0.6) is 0 Å². The fourth-order valence-electron chi connectivity index (χ4n) is 9.55. The number of nitrogens with one attached hydrogen (secondary N) is 3. The fourth-order valence-corrected chi connectivity index (χ4v) is 9.55. The number of amides is 2. The van der Waals surface area contributed by atoms with E-state index in [9.17, 15) is 19.5 Å². The molecule has 3 fully saturated rings. The minimum absolute atomic E-state index is 0.219. The molecule has 0 radical (unpaired) electrons. The number of imidazole rings is 1. The Morgan fingerprint density at radius 2 is 1.74 bits per heavy atom. The average Bonchev–Trinajstić information content (AvgIpc) is 3.76. The first kappa shape index (κ1) is 43.8. The number of methoxy groups -OCH3 is 1. The number of aliphatic hydroxyl groups excluding tert-OH is 1. The lowest BCUT2D eigenvalue weighted by atomic mass is 9.90. The van der Waals surface area contributed by atoms with Crippen LogP contribution < -0.4 is 21.6 Å². The van der Waals surface area contributed by atoms with Gasteiger partial charge >= 0.3 is 5.69 Å². The van der Waals surface area contributed by atoms with Crippen molar-refractivity contribution in [3.8, 4) is 0 Å². The second-order valence-corrected chi connectivity index (χ2v) is 17.6. The van der Waals surface area contributed by atoms with Gasteiger partial charge in [-0.3, -0.25) is 24.0 Å². The molecule has 4 aromatic rings. The van der Waals surface area contributed by atoms with E-state index in [0.29, 0.717) is 56.3 Å². The van der Waals surface area contributed by atoms with Gasteiger partial charge in [0.05, 0.1) is 37.0 Å². The Kier molecular flexibility index (Phi) is 13.9. The number of ether oxygens (including phenoxy) is 3. The summed E-state index contributed by atoms with van der Waals surface area (Å²) < 4.78 is 22.9. The predicted molar refractivity (Wildman–Crippen MR) is 237 cm³/mol. The first-order valence-corrected chi connectivity index (χ1v) is 22.6. The largest absolute Gasteiger partial charge is 0.393 e. The number of dihydropyridines is 1. The van der Waals surface area contributed by atoms with Crippen molar-refractivity contribution in [1.82, 2.24) is 39.2 Å². The summed E-state index contributed by atoms with van der Waals surface area (Å²) in [6, 6.07) is 5.61. The van der Waals surface area contributed by atoms with Gasteiger partial charge in [-0.15, -0.1) is 0 Å². The molecule has 6 heterocycles. The van der Waals surface area contributed by atoms with Gasteiger partial charge in [0.25, 0.3) is 0 Å². The molecule has 2 atom stereocenters. The molecule has 3 aliphatic heterocycles. The van der Waals surface area contributed by atoms with Crippen LogP contribution in [-0.4, -0.2) is 110 Å². The Morgan fingerprint density at radius 3 is 2.52 bits per heavy atom. The first-order chi connectivity index (χ1) is 30.1. The standard InChI is InChI=1S/C46H63N9O7/c1-46(60-3)28-33(16-19-48-46)49-44-47-29-36-37(30-54(42(36)51-44)34-9-11-35(56)12-10-34)32-17-20-53(21-18-32)22-24-62-26-25-61-23-6-4-5-7-31-8-13-38-40(27-31)52(2)45(59)55(38)39-14-15-41(57)50-43(39)58/h8,13,16,19,27-30,32,34-35,39,48,56H,4-7,9-12,14-15,17-18,20-26H2,1-3H3,(H,47,49,51)(H,50,57,58). The molecule has 2 amide bonds. The van der Waals surface area contributed by atoms with Crippen molar-refractivity contribution in [3.05, 3.63) is 76.3 Å². The number of nitrogens with zero attached hydrogens (tertiary/aromatic N) is 6. The minimum atomic E-state index is -0.675. The smallest absolute Gasteiger partial charge is 0.329 e. The molecule has 16 nitrogen and oxygen atoms in total. The summed E-state index contributed by atoms with van der Waals surface area (Å²) in [6.45, 7) is 7.44. The number of anilines is 1. The number of carbonyl (C=O) groups is 2. The van der Waals surface area contributed by atoms with Crippen molar-refractivity contribution in [3.63, 3.8) is 0 Å². The van der Waals surface area contributed by atoms with Crippen LogP contribution in [0.25, 0.3) is 22.1 Å². The normalized spacial score (nSPS) is 23.8. The number of allylic oxidation sites excluding steroid dienone is 1. The summed E-state index contributed by atoms with van der Waals surface area (Å²) in [7, 11) is 3.40. The van der Waals surface area contributed by atoms with Crippen LogP contribution in [0.3, 0.4) is 0 Å². The zero-order valence-electron chi connectivity index (χ0n) is 36.4. The van der Waals surface area contributed by atoms with Crippen LogP contribution >= 0.6 is 0 Å². The summed E-state index contributed by atoms with van der Waals surface area (Å²) in [5, 5.41) is 20.3. The molecule has 334 valence electrons. The molecule has 0 bridgehead atoms. The van der Waals surface area contributed by atoms with Gasteiger partial charge in [-0.1, -0.05) is 12.5 Å². The zero-order valence-corrected chi connectivity index (χ0v) is 36.4. The number of fused-ring (bicyclic) bond motifs is 2. The lowest BCUT2D eigenvalue weighted by Gasteiger charge is -2.32. The van der Waals surface area contributed by atoms with E-state index in [2.05, 4.69) is 31.6 Å². The Labute approximate surface area is 362 Å². The Bertz CT molecular complexity index is 2330. The number of aryl methyl sites for hydroxylation is 2. The number of aliphatic hydroxyl groups is 1. The van der Waals surface area contributed by atoms with Crippen molar-refractivity contribution >= 4 is 39.8 Å². The Balaban J connectivity index is 0.739. The molecule has 1 aliphatic carbocycles. The number of benzene rings is 1. The van der Waals surface area contributed by atoms with Gasteiger partial charge in [-0.05, 0) is 126 Å². The number of rotatable bonds is 18. The van der Waals surface area contributed by atoms with E-state index in [-0.39, 0.29) is 24.1 Å². The first-order valence-electron chi connectivity index (χ1n) is 22.6. The van der Waals surface area contributed by atoms with Gasteiger partial charge in [0.1, 0.15) is 11.7 Å². The van der Waals surface area contributed by atoms with E-state index in [4.69, 9.17) is 24.2 Å². The molecule has 8 rings (SSSR count). The van der Waals surface area contributed by atoms with E-state index >= 15 is 0 Å². The lowest BCUT2D eigenvalue weighted by Crippen LogP contribution is -2.44. The molecule has 2 saturated heterocycles. The molecule has 0 spiro atoms. The predicted octanol–water partition coefficient (Wildman–Crippen LogP) is 4.94. The van der Waals surface area contributed by atoms with Crippen molar-refractivity contribution in [2.24, 2.45) is 7.05 Å². The molecular formula is C46H63N9O7. The Hall–Kier alpha value is -4.87. The highest BCUT2D eigenvalue weighted by atomic mass is 16.5. The number of hydrogen-bond acceptors (Lipinski definition) is 12. The van der Waals surface area contributed by atoms with Gasteiger partial charge in [0.15, 0.2) is 5.72 Å². The highest BCUT2D eigenvalue weighted by molar-refractivity contribution is 6.00. The summed E-state index contributed by atoms with van der Waals surface area (Å²) >= 11 is 0. The number of carbonyl (C=O) groups excluding carboxylic acids is 2. The van der Waals surface area contributed by atoms with E-state index in [0.717, 1.165) is 112 Å². The fraction of sp³-hybridized carbons (Fsp3) is 0.587. The molecule has 4 N–H and O–H groups in total. The molecule has 4 aliphatic rings. The molecule has 3 aromatic heterocycles. The third-order valence-corrected chi connectivity index (χ3v) is 13.3. The van der Waals surface area contributed by atoms with Gasteiger partial charge < -0.3 is 39.4 Å². The number of likely N-dealkylation sites (tertiary alicyclic amines) is 1. The summed E-state index contributed by atoms with van der Waals surface area (Å²) in [5.74, 6) is 0.266. The van der Waals surface area contributed by atoms with Gasteiger partial charge in [-0.2, -0.15) is 4.98 Å². The van der Waals surface area contributed by atoms with Crippen LogP contribution in [0.4, 0.5) is 5.95 Å². The Morgan fingerprint density at radius 1 is 0.952 bits per heavy atom.